The summed E-state index contributed by atoms with van der Waals surface area (Å²) in [6, 6.07) is 11.4. The quantitative estimate of drug-likeness (QED) is 0.691. The molecule has 2 rings (SSSR count). The summed E-state index contributed by atoms with van der Waals surface area (Å²) in [5.74, 6) is -3.16. The lowest BCUT2D eigenvalue weighted by Crippen LogP contribution is -2.83. The molecule has 0 amide bonds. The van der Waals surface area contributed by atoms with Crippen molar-refractivity contribution in [3.05, 3.63) is 35.9 Å². The minimum atomic E-state index is -1.69. The van der Waals surface area contributed by atoms with E-state index in [0.717, 1.165) is 11.3 Å². The molecule has 7 nitrogen and oxygen atoms in total. The highest BCUT2D eigenvalue weighted by Crippen LogP contribution is 2.65. The second kappa shape index (κ2) is 7.45. The van der Waals surface area contributed by atoms with E-state index in [2.05, 4.69) is 0 Å². The zero-order chi connectivity index (χ0) is 19.4. The van der Waals surface area contributed by atoms with Gasteiger partial charge >= 0.3 is 0 Å². The van der Waals surface area contributed by atoms with Gasteiger partial charge in [0.2, 0.25) is 11.2 Å². The normalized spacial score (nSPS) is 22.2. The van der Waals surface area contributed by atoms with E-state index in [-0.39, 0.29) is 0 Å². The summed E-state index contributed by atoms with van der Waals surface area (Å²) in [6.07, 6.45) is 3.49. The first kappa shape index (κ1) is 19.9. The first-order valence-electron chi connectivity index (χ1n) is 7.86. The van der Waals surface area contributed by atoms with Crippen LogP contribution >= 0.6 is 0 Å². The van der Waals surface area contributed by atoms with Crippen molar-refractivity contribution in [1.82, 2.24) is 0 Å². The van der Waals surface area contributed by atoms with Crippen LogP contribution < -0.4 is 4.74 Å². The minimum absolute atomic E-state index is 0.732. The Kier molecular flexibility index (Phi) is 5.70. The van der Waals surface area contributed by atoms with E-state index in [1.165, 1.54) is 28.4 Å². The summed E-state index contributed by atoms with van der Waals surface area (Å²) in [6.45, 7) is 0. The molecule has 0 bridgehead atoms. The van der Waals surface area contributed by atoms with Crippen LogP contribution in [-0.4, -0.2) is 47.1 Å². The Balaban J connectivity index is 2.51. The van der Waals surface area contributed by atoms with Gasteiger partial charge in [0, 0.05) is 28.4 Å². The number of nitriles is 2. The second-order valence-corrected chi connectivity index (χ2v) is 5.74. The number of methoxy groups -OCH3 is 5. The highest BCUT2D eigenvalue weighted by atomic mass is 16.8. The molecule has 1 aliphatic rings. The Labute approximate surface area is 153 Å². The minimum Gasteiger partial charge on any atom is -0.497 e. The van der Waals surface area contributed by atoms with E-state index < -0.39 is 22.9 Å². The van der Waals surface area contributed by atoms with Crippen LogP contribution in [0.25, 0.3) is 6.08 Å². The van der Waals surface area contributed by atoms with E-state index in [1.807, 2.05) is 36.4 Å². The summed E-state index contributed by atoms with van der Waals surface area (Å²) in [5, 5.41) is 19.6. The number of rotatable bonds is 7. The predicted molar refractivity (Wildman–Crippen MR) is 92.7 cm³/mol. The van der Waals surface area contributed by atoms with E-state index in [9.17, 15) is 10.5 Å². The number of ether oxygens (including phenoxy) is 5. The molecular weight excluding hydrogens is 336 g/mol. The molecule has 0 aliphatic heterocycles. The number of benzene rings is 1. The molecule has 0 heterocycles. The highest BCUT2D eigenvalue weighted by Gasteiger charge is 2.85. The van der Waals surface area contributed by atoms with Crippen molar-refractivity contribution in [1.29, 1.82) is 10.5 Å². The summed E-state index contributed by atoms with van der Waals surface area (Å²) in [5.41, 5.74) is -0.782. The van der Waals surface area contributed by atoms with Gasteiger partial charge in [0.15, 0.2) is 0 Å². The standard InChI is InChI=1S/C19H22N2O5/c1-22-15-9-6-14(7-10-15)8-11-16-17(12-20,13-21)19(25-4,26-5)18(16,23-2)24-3/h6-11,16H,1-5H3/b11-8-/t16-/m0/s1. The first-order chi connectivity index (χ1) is 12.5. The average molecular weight is 358 g/mol. The Hall–Kier alpha value is -2.42. The fourth-order valence-electron chi connectivity index (χ4n) is 3.69. The molecule has 0 unspecified atom stereocenters. The molecule has 0 saturated heterocycles. The van der Waals surface area contributed by atoms with Crippen molar-refractivity contribution in [2.75, 3.05) is 35.5 Å². The van der Waals surface area contributed by atoms with Crippen molar-refractivity contribution < 1.29 is 23.7 Å². The van der Waals surface area contributed by atoms with Gasteiger partial charge in [0.25, 0.3) is 5.79 Å². The zero-order valence-electron chi connectivity index (χ0n) is 15.5. The summed E-state index contributed by atoms with van der Waals surface area (Å²) in [7, 11) is 7.13. The molecule has 1 fully saturated rings. The van der Waals surface area contributed by atoms with Gasteiger partial charge < -0.3 is 23.7 Å². The first-order valence-corrected chi connectivity index (χ1v) is 7.86. The van der Waals surface area contributed by atoms with Gasteiger partial charge in [-0.05, 0) is 17.7 Å². The Bertz CT molecular complexity index is 723. The highest BCUT2D eigenvalue weighted by molar-refractivity contribution is 5.54. The molecule has 1 aromatic rings. The van der Waals surface area contributed by atoms with Crippen molar-refractivity contribution in [3.63, 3.8) is 0 Å². The monoisotopic (exact) mass is 358 g/mol. The summed E-state index contributed by atoms with van der Waals surface area (Å²) in [4.78, 5) is 0. The number of nitrogens with zero attached hydrogens (tertiary/aromatic N) is 2. The fourth-order valence-corrected chi connectivity index (χ4v) is 3.69. The van der Waals surface area contributed by atoms with E-state index in [1.54, 1.807) is 19.3 Å². The van der Waals surface area contributed by atoms with Gasteiger partial charge in [-0.15, -0.1) is 0 Å². The van der Waals surface area contributed by atoms with Crippen LogP contribution in [0, 0.1) is 34.0 Å². The molecule has 1 aromatic carbocycles. The molecule has 0 aromatic heterocycles. The van der Waals surface area contributed by atoms with Crippen molar-refractivity contribution in [2.24, 2.45) is 11.3 Å². The maximum atomic E-state index is 9.80. The van der Waals surface area contributed by atoms with Gasteiger partial charge in [0.1, 0.15) is 5.75 Å². The third-order valence-corrected chi connectivity index (χ3v) is 4.98. The van der Waals surface area contributed by atoms with Gasteiger partial charge in [-0.25, -0.2) is 0 Å². The van der Waals surface area contributed by atoms with Gasteiger partial charge in [-0.1, -0.05) is 24.3 Å². The molecule has 0 spiro atoms. The third kappa shape index (κ3) is 2.33. The topological polar surface area (TPSA) is 93.7 Å². The Morgan fingerprint density at radius 1 is 0.885 bits per heavy atom. The molecule has 138 valence electrons. The third-order valence-electron chi connectivity index (χ3n) is 4.98. The van der Waals surface area contributed by atoms with Crippen LogP contribution in [0.1, 0.15) is 5.56 Å². The maximum absolute atomic E-state index is 9.80. The van der Waals surface area contributed by atoms with Crippen molar-refractivity contribution in [2.45, 2.75) is 11.6 Å². The van der Waals surface area contributed by atoms with Crippen LogP contribution in [0.2, 0.25) is 0 Å². The Morgan fingerprint density at radius 2 is 1.42 bits per heavy atom. The molecule has 0 N–H and O–H groups in total. The van der Waals surface area contributed by atoms with Gasteiger partial charge in [-0.3, -0.25) is 0 Å². The molecule has 7 heteroatoms. The average Bonchev–Trinajstić information content (AvgIpc) is 2.69. The number of hydrogen-bond donors (Lipinski definition) is 0. The fraction of sp³-hybridized carbons (Fsp3) is 0.474. The van der Waals surface area contributed by atoms with Crippen LogP contribution in [0.15, 0.2) is 30.3 Å². The summed E-state index contributed by atoms with van der Waals surface area (Å²) >= 11 is 0. The maximum Gasteiger partial charge on any atom is 0.257 e. The van der Waals surface area contributed by atoms with Crippen LogP contribution in [0.3, 0.4) is 0 Å². The smallest absolute Gasteiger partial charge is 0.257 e. The van der Waals surface area contributed by atoms with Crippen LogP contribution in [0.5, 0.6) is 5.75 Å². The predicted octanol–water partition coefficient (Wildman–Crippen LogP) is 2.35. The molecular formula is C19H22N2O5. The Morgan fingerprint density at radius 3 is 1.81 bits per heavy atom. The molecule has 26 heavy (non-hydrogen) atoms. The van der Waals surface area contributed by atoms with Crippen LogP contribution in [-0.2, 0) is 18.9 Å². The summed E-state index contributed by atoms with van der Waals surface area (Å²) < 4.78 is 27.2. The lowest BCUT2D eigenvalue weighted by molar-refractivity contribution is -0.489. The zero-order valence-corrected chi connectivity index (χ0v) is 15.5. The molecule has 1 aliphatic carbocycles. The molecule has 1 atom stereocenters. The van der Waals surface area contributed by atoms with E-state index >= 15 is 0 Å². The SMILES string of the molecule is COc1ccc(/C=C\[C@H]2C(C#N)(C#N)C(OC)(OC)C2(OC)OC)cc1. The van der Waals surface area contributed by atoms with Crippen molar-refractivity contribution in [3.8, 4) is 17.9 Å². The van der Waals surface area contributed by atoms with Crippen LogP contribution in [0.4, 0.5) is 0 Å². The molecule has 0 radical (unpaired) electrons. The van der Waals surface area contributed by atoms with Gasteiger partial charge in [0.05, 0.1) is 25.2 Å². The number of hydrogen-bond acceptors (Lipinski definition) is 7. The lowest BCUT2D eigenvalue weighted by atomic mass is 9.51. The van der Waals surface area contributed by atoms with Gasteiger partial charge in [-0.2, -0.15) is 10.5 Å². The lowest BCUT2D eigenvalue weighted by Gasteiger charge is -2.64. The van der Waals surface area contributed by atoms with E-state index in [0.29, 0.717) is 0 Å². The second-order valence-electron chi connectivity index (χ2n) is 5.74. The largest absolute Gasteiger partial charge is 0.497 e. The molecule has 1 saturated carbocycles. The van der Waals surface area contributed by atoms with E-state index in [4.69, 9.17) is 23.7 Å². The van der Waals surface area contributed by atoms with Crippen molar-refractivity contribution >= 4 is 6.08 Å².